The van der Waals surface area contributed by atoms with E-state index in [2.05, 4.69) is 198 Å². The van der Waals surface area contributed by atoms with Gasteiger partial charge in [0, 0.05) is 55.4 Å². The molecule has 6 heteroatoms. The van der Waals surface area contributed by atoms with Gasteiger partial charge in [-0.2, -0.15) is 0 Å². The van der Waals surface area contributed by atoms with Crippen LogP contribution in [0.4, 0.5) is 0 Å². The summed E-state index contributed by atoms with van der Waals surface area (Å²) in [5.74, 6) is 0.962. The van der Waals surface area contributed by atoms with Gasteiger partial charge in [-0.3, -0.25) is 4.57 Å². The summed E-state index contributed by atoms with van der Waals surface area (Å²) in [6, 6.07) is 66.8. The maximum Gasteiger partial charge on any atom is 0.179 e. The van der Waals surface area contributed by atoms with Crippen molar-refractivity contribution < 1.29 is 0 Å². The largest absolute Gasteiger partial charge is 0.327 e. The van der Waals surface area contributed by atoms with Crippen LogP contribution in [0.25, 0.3) is 70.2 Å². The number of para-hydroxylation sites is 2. The van der Waals surface area contributed by atoms with Crippen LogP contribution < -0.4 is 20.7 Å². The highest BCUT2D eigenvalue weighted by molar-refractivity contribution is 7.26. The predicted octanol–water partition coefficient (Wildman–Crippen LogP) is 9.48. The average molecular weight is 739 g/mol. The minimum Gasteiger partial charge on any atom is -0.327 e. The summed E-state index contributed by atoms with van der Waals surface area (Å²) in [6.07, 6.45) is 1.92. The van der Waals surface area contributed by atoms with E-state index in [1.165, 1.54) is 51.8 Å². The first kappa shape index (κ1) is 31.9. The van der Waals surface area contributed by atoms with Gasteiger partial charge in [0.1, 0.15) is 11.5 Å². The van der Waals surface area contributed by atoms with Crippen LogP contribution in [0.15, 0.2) is 188 Å². The van der Waals surface area contributed by atoms with E-state index in [0.717, 1.165) is 39.1 Å². The average Bonchev–Trinajstić information content (AvgIpc) is 3.91. The predicted molar refractivity (Wildman–Crippen MR) is 235 cm³/mol. The van der Waals surface area contributed by atoms with Gasteiger partial charge in [-0.25, -0.2) is 9.97 Å². The van der Waals surface area contributed by atoms with Gasteiger partial charge in [0.15, 0.2) is 8.07 Å². The molecule has 0 saturated carbocycles. The lowest BCUT2D eigenvalue weighted by Crippen LogP contribution is -2.74. The van der Waals surface area contributed by atoms with Crippen molar-refractivity contribution in [3.63, 3.8) is 0 Å². The molecule has 0 aliphatic rings. The molecule has 11 rings (SSSR count). The Hall–Kier alpha value is -6.60. The zero-order valence-corrected chi connectivity index (χ0v) is 31.9. The second-order valence-corrected chi connectivity index (χ2v) is 19.1. The Balaban J connectivity index is 1.23. The van der Waals surface area contributed by atoms with E-state index in [4.69, 9.17) is 9.97 Å². The number of hydrogen-bond acceptors (Lipinski definition) is 3. The first-order chi connectivity index (χ1) is 27.2. The Morgan fingerprint density at radius 3 is 2.00 bits per heavy atom. The molecule has 0 spiro atoms. The molecule has 11 aromatic rings. The third-order valence-corrected chi connectivity index (χ3v) is 17.2. The molecule has 0 radical (unpaired) electrons. The number of aromatic nitrogens is 4. The van der Waals surface area contributed by atoms with E-state index in [9.17, 15) is 0 Å². The van der Waals surface area contributed by atoms with Crippen molar-refractivity contribution in [3.05, 3.63) is 188 Å². The molecule has 4 heterocycles. The first-order valence-electron chi connectivity index (χ1n) is 18.6. The third-order valence-electron chi connectivity index (χ3n) is 11.3. The fourth-order valence-corrected chi connectivity index (χ4v) is 14.9. The Labute approximate surface area is 323 Å². The van der Waals surface area contributed by atoms with Gasteiger partial charge in [-0.1, -0.05) is 133 Å². The highest BCUT2D eigenvalue weighted by atomic mass is 32.1. The van der Waals surface area contributed by atoms with Crippen molar-refractivity contribution in [1.29, 1.82) is 0 Å². The monoisotopic (exact) mass is 738 g/mol. The Kier molecular flexibility index (Phi) is 7.24. The molecular weight excluding hydrogens is 705 g/mol. The summed E-state index contributed by atoms with van der Waals surface area (Å²) in [7, 11) is -0.834. The van der Waals surface area contributed by atoms with Crippen LogP contribution in [-0.2, 0) is 7.05 Å². The van der Waals surface area contributed by atoms with E-state index in [0.29, 0.717) is 0 Å². The normalized spacial score (nSPS) is 12.1. The molecule has 0 N–H and O–H groups in total. The molecule has 4 nitrogen and oxygen atoms in total. The number of benzene rings is 7. The van der Waals surface area contributed by atoms with Crippen LogP contribution in [-0.4, -0.2) is 27.2 Å². The maximum absolute atomic E-state index is 5.14. The molecule has 0 aliphatic heterocycles. The Morgan fingerprint density at radius 2 is 1.20 bits per heavy atom. The first-order valence-corrected chi connectivity index (χ1v) is 21.5. The van der Waals surface area contributed by atoms with E-state index < -0.39 is 8.07 Å². The molecule has 0 atom stereocenters. The molecule has 7 aromatic carbocycles. The molecule has 0 amide bonds. The van der Waals surface area contributed by atoms with Crippen molar-refractivity contribution >= 4 is 93.3 Å². The van der Waals surface area contributed by atoms with Gasteiger partial charge in [0.25, 0.3) is 0 Å². The van der Waals surface area contributed by atoms with Crippen molar-refractivity contribution in [2.24, 2.45) is 7.05 Å². The summed E-state index contributed by atoms with van der Waals surface area (Å²) >= 11 is 1.86. The Bertz CT molecular complexity index is 3190. The number of fused-ring (bicyclic) bond motifs is 8. The van der Waals surface area contributed by atoms with Crippen LogP contribution in [0.3, 0.4) is 0 Å². The second kappa shape index (κ2) is 12.5. The molecule has 0 saturated heterocycles. The summed E-state index contributed by atoms with van der Waals surface area (Å²) in [6.45, 7) is 0. The van der Waals surface area contributed by atoms with Gasteiger partial charge in [0.2, 0.25) is 0 Å². The molecular formula is C49H34N4SSi. The molecule has 4 aromatic heterocycles. The van der Waals surface area contributed by atoms with E-state index >= 15 is 0 Å². The number of nitrogens with zero attached hydrogens (tertiary/aromatic N) is 4. The molecule has 0 bridgehead atoms. The fourth-order valence-electron chi connectivity index (χ4n) is 8.94. The molecule has 0 fully saturated rings. The van der Waals surface area contributed by atoms with Crippen LogP contribution in [0, 0.1) is 0 Å². The van der Waals surface area contributed by atoms with E-state index in [1.807, 2.05) is 17.5 Å². The summed E-state index contributed by atoms with van der Waals surface area (Å²) in [4.78, 5) is 10.2. The highest BCUT2D eigenvalue weighted by Gasteiger charge is 2.42. The van der Waals surface area contributed by atoms with Crippen LogP contribution in [0.1, 0.15) is 0 Å². The van der Waals surface area contributed by atoms with E-state index in [-0.39, 0.29) is 0 Å². The molecule has 0 aliphatic carbocycles. The number of imidazole rings is 1. The van der Waals surface area contributed by atoms with Crippen molar-refractivity contribution in [2.75, 3.05) is 0 Å². The van der Waals surface area contributed by atoms with Gasteiger partial charge in [-0.15, -0.1) is 11.3 Å². The summed E-state index contributed by atoms with van der Waals surface area (Å²) < 4.78 is 7.21. The van der Waals surface area contributed by atoms with Crippen molar-refractivity contribution in [1.82, 2.24) is 19.1 Å². The molecule has 55 heavy (non-hydrogen) atoms. The lowest BCUT2D eigenvalue weighted by molar-refractivity contribution is 0.959. The number of hydrogen-bond donors (Lipinski definition) is 0. The lowest BCUT2D eigenvalue weighted by atomic mass is 10.1. The van der Waals surface area contributed by atoms with Crippen LogP contribution >= 0.6 is 11.3 Å². The standard InChI is InChI=1S/C49H34N4SSi/c1-52-43-26-10-9-25-42(43)51-48(52)33-15-12-21-37(31-33)55(35-17-4-2-5-18-35,36-19-6-3-7-20-36)38-22-13-16-34(32-38)53-47-39(40-24-14-30-50-49(40)53)28-29-45-46(47)41-23-8-11-27-44(41)54-45/h2-32H,1H3. The second-order valence-electron chi connectivity index (χ2n) is 14.2. The summed E-state index contributed by atoms with van der Waals surface area (Å²) in [5.41, 5.74) is 6.51. The van der Waals surface area contributed by atoms with Gasteiger partial charge in [-0.05, 0) is 69.3 Å². The number of pyridine rings is 1. The zero-order chi connectivity index (χ0) is 36.5. The Morgan fingerprint density at radius 1 is 0.527 bits per heavy atom. The number of rotatable bonds is 6. The van der Waals surface area contributed by atoms with E-state index in [1.54, 1.807) is 0 Å². The van der Waals surface area contributed by atoms with Gasteiger partial charge >= 0.3 is 0 Å². The quantitative estimate of drug-likeness (QED) is 0.126. The smallest absolute Gasteiger partial charge is 0.179 e. The van der Waals surface area contributed by atoms with Crippen molar-refractivity contribution in [3.8, 4) is 17.1 Å². The zero-order valence-electron chi connectivity index (χ0n) is 30.1. The molecule has 0 unspecified atom stereocenters. The minimum atomic E-state index is -2.95. The number of aryl methyl sites for hydroxylation is 1. The maximum atomic E-state index is 5.14. The SMILES string of the molecule is Cn1c(-c2cccc([Si](c3ccccc3)(c3ccccc3)c3cccc(-n4c5ncccc5c5ccc6sc7ccccc7c6c54)c3)c2)nc2ccccc21. The van der Waals surface area contributed by atoms with Crippen LogP contribution in [0.5, 0.6) is 0 Å². The van der Waals surface area contributed by atoms with Crippen molar-refractivity contribution in [2.45, 2.75) is 0 Å². The third kappa shape index (κ3) is 4.75. The minimum absolute atomic E-state index is 0.962. The van der Waals surface area contributed by atoms with Gasteiger partial charge < -0.3 is 4.57 Å². The summed E-state index contributed by atoms with van der Waals surface area (Å²) in [5, 5.41) is 10.2. The van der Waals surface area contributed by atoms with Gasteiger partial charge in [0.05, 0.1) is 16.6 Å². The highest BCUT2D eigenvalue weighted by Crippen LogP contribution is 2.42. The lowest BCUT2D eigenvalue weighted by Gasteiger charge is -2.35. The fraction of sp³-hybridized carbons (Fsp3) is 0.0204. The number of thiophene rings is 1. The topological polar surface area (TPSA) is 35.6 Å². The molecule has 260 valence electrons. The van der Waals surface area contributed by atoms with Crippen LogP contribution in [0.2, 0.25) is 0 Å².